The average molecular weight is 240 g/mol. The first-order chi connectivity index (χ1) is 8.17. The molecule has 3 atom stereocenters. The van der Waals surface area contributed by atoms with Gasteiger partial charge in [-0.1, -0.05) is 33.1 Å². The van der Waals surface area contributed by atoms with E-state index in [1.807, 2.05) is 0 Å². The summed E-state index contributed by atoms with van der Waals surface area (Å²) in [4.78, 5) is 2.48. The second-order valence-electron chi connectivity index (χ2n) is 5.88. The Labute approximate surface area is 108 Å². The molecule has 3 unspecified atom stereocenters. The molecule has 0 radical (unpaired) electrons. The minimum atomic E-state index is 0.747. The first kappa shape index (κ1) is 15.0. The number of likely N-dealkylation sites (tertiary alicyclic amines) is 1. The zero-order chi connectivity index (χ0) is 12.7. The van der Waals surface area contributed by atoms with Crippen LogP contribution in [0.3, 0.4) is 0 Å². The van der Waals surface area contributed by atoms with Crippen molar-refractivity contribution in [2.24, 2.45) is 5.92 Å². The van der Waals surface area contributed by atoms with Gasteiger partial charge in [-0.05, 0) is 52.2 Å². The van der Waals surface area contributed by atoms with Gasteiger partial charge in [0.05, 0.1) is 0 Å². The van der Waals surface area contributed by atoms with Gasteiger partial charge in [0.15, 0.2) is 0 Å². The van der Waals surface area contributed by atoms with Gasteiger partial charge < -0.3 is 10.2 Å². The summed E-state index contributed by atoms with van der Waals surface area (Å²) in [5, 5.41) is 3.81. The molecule has 0 bridgehead atoms. The molecular weight excluding hydrogens is 208 g/mol. The highest BCUT2D eigenvalue weighted by Crippen LogP contribution is 2.17. The fourth-order valence-electron chi connectivity index (χ4n) is 2.75. The number of piperidine rings is 1. The Hall–Kier alpha value is -0.0800. The van der Waals surface area contributed by atoms with Crippen LogP contribution < -0.4 is 5.32 Å². The van der Waals surface area contributed by atoms with E-state index in [2.05, 4.69) is 38.0 Å². The molecule has 1 rings (SSSR count). The van der Waals surface area contributed by atoms with Crippen LogP contribution in [-0.2, 0) is 0 Å². The van der Waals surface area contributed by atoms with Crippen LogP contribution in [0.25, 0.3) is 0 Å². The molecule has 0 spiro atoms. The molecule has 2 heteroatoms. The van der Waals surface area contributed by atoms with Crippen LogP contribution in [0.15, 0.2) is 0 Å². The summed E-state index contributed by atoms with van der Waals surface area (Å²) < 4.78 is 0. The molecule has 0 aromatic heterocycles. The zero-order valence-corrected chi connectivity index (χ0v) is 12.3. The van der Waals surface area contributed by atoms with Gasteiger partial charge in [-0.2, -0.15) is 0 Å². The standard InChI is InChI=1S/C15H32N2/c1-5-7-8-14(6-2)12-16-15-9-10-17(4)13(3)11-15/h13-16H,5-12H2,1-4H3. The minimum Gasteiger partial charge on any atom is -0.314 e. The largest absolute Gasteiger partial charge is 0.314 e. The minimum absolute atomic E-state index is 0.747. The van der Waals surface area contributed by atoms with E-state index in [0.717, 1.165) is 18.0 Å². The van der Waals surface area contributed by atoms with E-state index in [0.29, 0.717) is 0 Å². The highest BCUT2D eigenvalue weighted by Gasteiger charge is 2.22. The first-order valence-electron chi connectivity index (χ1n) is 7.60. The molecule has 1 saturated heterocycles. The molecule has 0 saturated carbocycles. The van der Waals surface area contributed by atoms with Crippen molar-refractivity contribution >= 4 is 0 Å². The molecule has 1 heterocycles. The quantitative estimate of drug-likeness (QED) is 0.735. The Morgan fingerprint density at radius 2 is 2.12 bits per heavy atom. The molecule has 1 fully saturated rings. The van der Waals surface area contributed by atoms with Crippen LogP contribution in [0.5, 0.6) is 0 Å². The molecular formula is C15H32N2. The molecule has 0 aromatic rings. The van der Waals surface area contributed by atoms with Crippen molar-refractivity contribution in [3.05, 3.63) is 0 Å². The average Bonchev–Trinajstić information content (AvgIpc) is 2.34. The molecule has 17 heavy (non-hydrogen) atoms. The number of nitrogens with one attached hydrogen (secondary N) is 1. The highest BCUT2D eigenvalue weighted by molar-refractivity contribution is 4.81. The lowest BCUT2D eigenvalue weighted by molar-refractivity contribution is 0.165. The van der Waals surface area contributed by atoms with E-state index in [1.54, 1.807) is 0 Å². The van der Waals surface area contributed by atoms with Gasteiger partial charge in [0.2, 0.25) is 0 Å². The summed E-state index contributed by atoms with van der Waals surface area (Å²) in [6.45, 7) is 9.46. The Kier molecular flexibility index (Phi) is 7.14. The Morgan fingerprint density at radius 3 is 2.71 bits per heavy atom. The zero-order valence-electron chi connectivity index (χ0n) is 12.3. The van der Waals surface area contributed by atoms with Crippen LogP contribution >= 0.6 is 0 Å². The van der Waals surface area contributed by atoms with Crippen LogP contribution in [0.1, 0.15) is 59.3 Å². The number of hydrogen-bond donors (Lipinski definition) is 1. The first-order valence-corrected chi connectivity index (χ1v) is 7.60. The maximum Gasteiger partial charge on any atom is 0.00941 e. The summed E-state index contributed by atoms with van der Waals surface area (Å²) >= 11 is 0. The second-order valence-corrected chi connectivity index (χ2v) is 5.88. The van der Waals surface area contributed by atoms with E-state index >= 15 is 0 Å². The summed E-state index contributed by atoms with van der Waals surface area (Å²) in [6, 6.07) is 1.51. The third-order valence-corrected chi connectivity index (χ3v) is 4.45. The lowest BCUT2D eigenvalue weighted by Crippen LogP contribution is -2.46. The monoisotopic (exact) mass is 240 g/mol. The normalized spacial score (nSPS) is 28.2. The SMILES string of the molecule is CCCCC(CC)CNC1CCN(C)C(C)C1. The van der Waals surface area contributed by atoms with Gasteiger partial charge in [-0.25, -0.2) is 0 Å². The molecule has 0 amide bonds. The van der Waals surface area contributed by atoms with Gasteiger partial charge >= 0.3 is 0 Å². The molecule has 0 aliphatic carbocycles. The van der Waals surface area contributed by atoms with Crippen LogP contribution in [0.4, 0.5) is 0 Å². The number of nitrogens with zero attached hydrogens (tertiary/aromatic N) is 1. The molecule has 1 aliphatic heterocycles. The molecule has 1 N–H and O–H groups in total. The van der Waals surface area contributed by atoms with Crippen molar-refractivity contribution < 1.29 is 0 Å². The van der Waals surface area contributed by atoms with Gasteiger partial charge in [-0.3, -0.25) is 0 Å². The van der Waals surface area contributed by atoms with Crippen LogP contribution in [0, 0.1) is 5.92 Å². The van der Waals surface area contributed by atoms with Gasteiger partial charge in [0, 0.05) is 12.1 Å². The Morgan fingerprint density at radius 1 is 1.35 bits per heavy atom. The van der Waals surface area contributed by atoms with Crippen molar-refractivity contribution in [3.63, 3.8) is 0 Å². The number of hydrogen-bond acceptors (Lipinski definition) is 2. The predicted octanol–water partition coefficient (Wildman–Crippen LogP) is 3.28. The summed E-state index contributed by atoms with van der Waals surface area (Å²) in [6.07, 6.45) is 8.11. The summed E-state index contributed by atoms with van der Waals surface area (Å²) in [5.74, 6) is 0.893. The lowest BCUT2D eigenvalue weighted by atomic mass is 9.96. The molecule has 0 aromatic carbocycles. The van der Waals surface area contributed by atoms with Crippen LogP contribution in [-0.4, -0.2) is 37.1 Å². The molecule has 1 aliphatic rings. The van der Waals surface area contributed by atoms with E-state index in [1.165, 1.54) is 51.6 Å². The van der Waals surface area contributed by atoms with Crippen molar-refractivity contribution in [2.75, 3.05) is 20.1 Å². The summed E-state index contributed by atoms with van der Waals surface area (Å²) in [7, 11) is 2.25. The van der Waals surface area contributed by atoms with Crippen molar-refractivity contribution in [2.45, 2.75) is 71.4 Å². The smallest absolute Gasteiger partial charge is 0.00941 e. The van der Waals surface area contributed by atoms with Gasteiger partial charge in [0.1, 0.15) is 0 Å². The Balaban J connectivity index is 2.20. The van der Waals surface area contributed by atoms with Crippen LogP contribution in [0.2, 0.25) is 0 Å². The third-order valence-electron chi connectivity index (χ3n) is 4.45. The maximum absolute atomic E-state index is 3.81. The molecule has 2 nitrogen and oxygen atoms in total. The van der Waals surface area contributed by atoms with Crippen molar-refractivity contribution in [1.82, 2.24) is 10.2 Å². The fourth-order valence-corrected chi connectivity index (χ4v) is 2.75. The van der Waals surface area contributed by atoms with E-state index in [9.17, 15) is 0 Å². The topological polar surface area (TPSA) is 15.3 Å². The number of rotatable bonds is 7. The molecule has 102 valence electrons. The Bertz CT molecular complexity index is 193. The van der Waals surface area contributed by atoms with Gasteiger partial charge in [0.25, 0.3) is 0 Å². The third kappa shape index (κ3) is 5.39. The van der Waals surface area contributed by atoms with E-state index in [-0.39, 0.29) is 0 Å². The summed E-state index contributed by atoms with van der Waals surface area (Å²) in [5.41, 5.74) is 0. The maximum atomic E-state index is 3.81. The predicted molar refractivity (Wildman–Crippen MR) is 76.4 cm³/mol. The van der Waals surface area contributed by atoms with E-state index in [4.69, 9.17) is 0 Å². The highest BCUT2D eigenvalue weighted by atomic mass is 15.1. The van der Waals surface area contributed by atoms with E-state index < -0.39 is 0 Å². The second kappa shape index (κ2) is 8.10. The van der Waals surface area contributed by atoms with Gasteiger partial charge in [-0.15, -0.1) is 0 Å². The van der Waals surface area contributed by atoms with Crippen molar-refractivity contribution in [3.8, 4) is 0 Å². The fraction of sp³-hybridized carbons (Fsp3) is 1.00. The van der Waals surface area contributed by atoms with Crippen molar-refractivity contribution in [1.29, 1.82) is 0 Å². The lowest BCUT2D eigenvalue weighted by Gasteiger charge is -2.36. The number of unbranched alkanes of at least 4 members (excludes halogenated alkanes) is 1.